The molecule has 1 N–H and O–H groups in total. The summed E-state index contributed by atoms with van der Waals surface area (Å²) in [5, 5.41) is 3.53. The Bertz CT molecular complexity index is 550. The molecule has 0 radical (unpaired) electrons. The number of nitrogens with one attached hydrogen (secondary N) is 1. The average Bonchev–Trinajstić information content (AvgIpc) is 2.62. The molecular formula is C18H25N3O2. The van der Waals surface area contributed by atoms with Crippen LogP contribution in [-0.2, 0) is 4.79 Å². The minimum atomic E-state index is 0.0908. The number of carbonyl (C=O) groups is 2. The van der Waals surface area contributed by atoms with E-state index in [9.17, 15) is 9.59 Å². The number of Topliss-reactive ketones (excluding diaryl/α,β-unsaturated/α-hetero) is 1. The molecule has 5 nitrogen and oxygen atoms in total. The van der Waals surface area contributed by atoms with E-state index in [2.05, 4.69) is 10.2 Å². The Kier molecular flexibility index (Phi) is 5.08. The van der Waals surface area contributed by atoms with E-state index in [-0.39, 0.29) is 17.9 Å². The Labute approximate surface area is 137 Å². The van der Waals surface area contributed by atoms with E-state index in [1.54, 1.807) is 0 Å². The molecule has 0 aromatic heterocycles. The van der Waals surface area contributed by atoms with Crippen LogP contribution in [0.3, 0.4) is 0 Å². The lowest BCUT2D eigenvalue weighted by Gasteiger charge is -2.41. The number of ketones is 1. The summed E-state index contributed by atoms with van der Waals surface area (Å²) in [5.41, 5.74) is 2.00. The van der Waals surface area contributed by atoms with Crippen molar-refractivity contribution in [3.63, 3.8) is 0 Å². The Morgan fingerprint density at radius 1 is 1.17 bits per heavy atom. The lowest BCUT2D eigenvalue weighted by molar-refractivity contribution is -0.120. The zero-order valence-corrected chi connectivity index (χ0v) is 13.7. The van der Waals surface area contributed by atoms with Gasteiger partial charge in [0, 0.05) is 37.7 Å². The molecule has 1 aromatic rings. The van der Waals surface area contributed by atoms with Crippen LogP contribution in [0.4, 0.5) is 0 Å². The van der Waals surface area contributed by atoms with Crippen LogP contribution in [-0.4, -0.2) is 60.9 Å². The van der Waals surface area contributed by atoms with E-state index in [0.29, 0.717) is 0 Å². The fourth-order valence-electron chi connectivity index (χ4n) is 3.52. The molecule has 1 aromatic carbocycles. The molecule has 0 spiro atoms. The van der Waals surface area contributed by atoms with E-state index in [4.69, 9.17) is 0 Å². The van der Waals surface area contributed by atoms with Crippen LogP contribution in [0.15, 0.2) is 24.3 Å². The zero-order chi connectivity index (χ0) is 16.2. The first-order valence-electron chi connectivity index (χ1n) is 8.45. The van der Waals surface area contributed by atoms with Crippen molar-refractivity contribution in [3.05, 3.63) is 35.4 Å². The molecule has 0 bridgehead atoms. The number of rotatable bonds is 4. The molecule has 2 aliphatic heterocycles. The van der Waals surface area contributed by atoms with Crippen molar-refractivity contribution in [3.8, 4) is 0 Å². The molecule has 1 amide bonds. The maximum Gasteiger partial charge on any atom is 0.209 e. The molecule has 0 aliphatic carbocycles. The highest BCUT2D eigenvalue weighted by Crippen LogP contribution is 2.23. The molecule has 0 saturated carbocycles. The molecule has 2 atom stereocenters. The minimum Gasteiger partial charge on any atom is -0.343 e. The monoisotopic (exact) mass is 315 g/mol. The van der Waals surface area contributed by atoms with Gasteiger partial charge in [-0.1, -0.05) is 29.8 Å². The van der Waals surface area contributed by atoms with E-state index >= 15 is 0 Å². The number of carbonyl (C=O) groups excluding carboxylic acids is 2. The number of hydrogen-bond acceptors (Lipinski definition) is 4. The number of amides is 1. The number of piperazine rings is 1. The standard InChI is InChI=1S/C18H25N3O2/c1-14-2-4-15(5-3-14)18(23)16-6-7-19-17(12-16)21-10-8-20(13-22)9-11-21/h2-5,13,16-17,19H,6-12H2,1H3. The van der Waals surface area contributed by atoms with Gasteiger partial charge in [0.2, 0.25) is 6.41 Å². The Hall–Kier alpha value is -1.72. The van der Waals surface area contributed by atoms with Gasteiger partial charge in [0.25, 0.3) is 0 Å². The van der Waals surface area contributed by atoms with Gasteiger partial charge >= 0.3 is 0 Å². The lowest BCUT2D eigenvalue weighted by atomic mass is 9.87. The molecular weight excluding hydrogens is 290 g/mol. The molecule has 2 heterocycles. The van der Waals surface area contributed by atoms with Gasteiger partial charge in [0.1, 0.15) is 0 Å². The van der Waals surface area contributed by atoms with E-state index in [0.717, 1.165) is 57.5 Å². The summed E-state index contributed by atoms with van der Waals surface area (Å²) in [7, 11) is 0. The third-order valence-corrected chi connectivity index (χ3v) is 5.03. The molecule has 23 heavy (non-hydrogen) atoms. The number of piperidine rings is 1. The molecule has 5 heteroatoms. The SMILES string of the molecule is Cc1ccc(C(=O)C2CCNC(N3CCN(C=O)CC3)C2)cc1. The first-order valence-corrected chi connectivity index (χ1v) is 8.45. The van der Waals surface area contributed by atoms with Crippen LogP contribution >= 0.6 is 0 Å². The summed E-state index contributed by atoms with van der Waals surface area (Å²) in [6.07, 6.45) is 2.93. The van der Waals surface area contributed by atoms with Gasteiger partial charge in [-0.2, -0.15) is 0 Å². The van der Waals surface area contributed by atoms with Crippen molar-refractivity contribution >= 4 is 12.2 Å². The van der Waals surface area contributed by atoms with E-state index in [1.807, 2.05) is 36.1 Å². The number of aryl methyl sites for hydroxylation is 1. The van der Waals surface area contributed by atoms with E-state index in [1.165, 1.54) is 5.56 Å². The summed E-state index contributed by atoms with van der Waals surface area (Å²) < 4.78 is 0. The summed E-state index contributed by atoms with van der Waals surface area (Å²) >= 11 is 0. The van der Waals surface area contributed by atoms with Gasteiger partial charge in [-0.3, -0.25) is 14.5 Å². The second-order valence-corrected chi connectivity index (χ2v) is 6.60. The minimum absolute atomic E-state index is 0.0908. The number of hydrogen-bond donors (Lipinski definition) is 1. The maximum atomic E-state index is 12.7. The van der Waals surface area contributed by atoms with Crippen LogP contribution in [0.1, 0.15) is 28.8 Å². The number of benzene rings is 1. The van der Waals surface area contributed by atoms with Crippen LogP contribution in [0.2, 0.25) is 0 Å². The van der Waals surface area contributed by atoms with Crippen LogP contribution in [0.25, 0.3) is 0 Å². The van der Waals surface area contributed by atoms with Gasteiger partial charge < -0.3 is 10.2 Å². The maximum absolute atomic E-state index is 12.7. The van der Waals surface area contributed by atoms with Crippen LogP contribution in [0.5, 0.6) is 0 Å². The predicted molar refractivity (Wildman–Crippen MR) is 89.2 cm³/mol. The predicted octanol–water partition coefficient (Wildman–Crippen LogP) is 1.28. The quantitative estimate of drug-likeness (QED) is 0.672. The van der Waals surface area contributed by atoms with Crippen LogP contribution in [0, 0.1) is 12.8 Å². The summed E-state index contributed by atoms with van der Waals surface area (Å²) in [5.74, 6) is 0.357. The second-order valence-electron chi connectivity index (χ2n) is 6.60. The topological polar surface area (TPSA) is 52.7 Å². The van der Waals surface area contributed by atoms with Crippen molar-refractivity contribution in [1.82, 2.24) is 15.1 Å². The molecule has 2 fully saturated rings. The third-order valence-electron chi connectivity index (χ3n) is 5.03. The van der Waals surface area contributed by atoms with Crippen molar-refractivity contribution in [2.75, 3.05) is 32.7 Å². The third kappa shape index (κ3) is 3.79. The molecule has 2 unspecified atom stereocenters. The van der Waals surface area contributed by atoms with Crippen molar-refractivity contribution in [1.29, 1.82) is 0 Å². The largest absolute Gasteiger partial charge is 0.343 e. The first kappa shape index (κ1) is 16.1. The normalized spacial score (nSPS) is 26.0. The van der Waals surface area contributed by atoms with Gasteiger partial charge in [-0.15, -0.1) is 0 Å². The first-order chi connectivity index (χ1) is 11.2. The average molecular weight is 315 g/mol. The Morgan fingerprint density at radius 3 is 2.52 bits per heavy atom. The van der Waals surface area contributed by atoms with Gasteiger partial charge in [-0.25, -0.2) is 0 Å². The van der Waals surface area contributed by atoms with E-state index < -0.39 is 0 Å². The fraction of sp³-hybridized carbons (Fsp3) is 0.556. The zero-order valence-electron chi connectivity index (χ0n) is 13.7. The van der Waals surface area contributed by atoms with Crippen molar-refractivity contribution in [2.24, 2.45) is 5.92 Å². The lowest BCUT2D eigenvalue weighted by Crippen LogP contribution is -2.57. The molecule has 3 rings (SSSR count). The molecule has 2 aliphatic rings. The Morgan fingerprint density at radius 2 is 1.87 bits per heavy atom. The van der Waals surface area contributed by atoms with Gasteiger partial charge in [-0.05, 0) is 26.3 Å². The molecule has 2 saturated heterocycles. The van der Waals surface area contributed by atoms with Gasteiger partial charge in [0.05, 0.1) is 6.17 Å². The Balaban J connectivity index is 1.60. The van der Waals surface area contributed by atoms with Gasteiger partial charge in [0.15, 0.2) is 5.78 Å². The fourth-order valence-corrected chi connectivity index (χ4v) is 3.52. The summed E-state index contributed by atoms with van der Waals surface area (Å²) in [6.45, 7) is 6.22. The highest BCUT2D eigenvalue weighted by Gasteiger charge is 2.32. The molecule has 124 valence electrons. The smallest absolute Gasteiger partial charge is 0.209 e. The summed E-state index contributed by atoms with van der Waals surface area (Å²) in [6, 6.07) is 7.89. The highest BCUT2D eigenvalue weighted by molar-refractivity contribution is 5.97. The van der Waals surface area contributed by atoms with Crippen LogP contribution < -0.4 is 5.32 Å². The van der Waals surface area contributed by atoms with Crippen molar-refractivity contribution < 1.29 is 9.59 Å². The summed E-state index contributed by atoms with van der Waals surface area (Å²) in [4.78, 5) is 27.7. The highest BCUT2D eigenvalue weighted by atomic mass is 16.1. The van der Waals surface area contributed by atoms with Crippen molar-refractivity contribution in [2.45, 2.75) is 25.9 Å². The number of nitrogens with zero attached hydrogens (tertiary/aromatic N) is 2. The second kappa shape index (κ2) is 7.23.